The van der Waals surface area contributed by atoms with Gasteiger partial charge in [0.1, 0.15) is 0 Å². The van der Waals surface area contributed by atoms with Gasteiger partial charge in [0.15, 0.2) is 0 Å². The van der Waals surface area contributed by atoms with E-state index in [1.807, 2.05) is 0 Å². The van der Waals surface area contributed by atoms with Crippen LogP contribution in [0.2, 0.25) is 0 Å². The molecule has 0 spiro atoms. The highest BCUT2D eigenvalue weighted by molar-refractivity contribution is 5.15. The van der Waals surface area contributed by atoms with E-state index in [1.54, 1.807) is 0 Å². The van der Waals surface area contributed by atoms with E-state index < -0.39 is 36.9 Å². The van der Waals surface area contributed by atoms with Crippen molar-refractivity contribution in [3.63, 3.8) is 0 Å². The number of fused-ring (bicyclic) bond motifs is 9. The minimum atomic E-state index is -5.46. The van der Waals surface area contributed by atoms with E-state index in [-0.39, 0.29) is 5.92 Å². The van der Waals surface area contributed by atoms with Crippen molar-refractivity contribution < 1.29 is 31.1 Å². The molecule has 4 saturated carbocycles. The van der Waals surface area contributed by atoms with Gasteiger partial charge in [-0.3, -0.25) is 0 Å². The Morgan fingerprint density at radius 3 is 1.85 bits per heavy atom. The first-order valence-electron chi connectivity index (χ1n) is 10.2. The maximum atomic E-state index is 13.6. The van der Waals surface area contributed by atoms with Crippen LogP contribution in [0.4, 0.5) is 26.3 Å². The fourth-order valence-corrected chi connectivity index (χ4v) is 7.83. The van der Waals surface area contributed by atoms with Gasteiger partial charge in [0.25, 0.3) is 5.60 Å². The van der Waals surface area contributed by atoms with E-state index in [1.165, 1.54) is 6.92 Å². The molecule has 1 nitrogen and oxygen atoms in total. The van der Waals surface area contributed by atoms with Gasteiger partial charge in [-0.1, -0.05) is 13.8 Å². The molecule has 0 aromatic carbocycles. The first-order valence-corrected chi connectivity index (χ1v) is 10.2. The lowest BCUT2D eigenvalue weighted by Crippen LogP contribution is -2.60. The second-order valence-electron chi connectivity index (χ2n) is 9.55. The number of hydrogen-bond donors (Lipinski definition) is 0. The fourth-order valence-electron chi connectivity index (χ4n) is 7.83. The highest BCUT2D eigenvalue weighted by Gasteiger charge is 2.74. The summed E-state index contributed by atoms with van der Waals surface area (Å²) in [6, 6.07) is 0. The van der Waals surface area contributed by atoms with Gasteiger partial charge in [-0.15, -0.1) is 0 Å². The quantitative estimate of drug-likeness (QED) is 0.412. The van der Waals surface area contributed by atoms with Gasteiger partial charge in [0, 0.05) is 6.61 Å². The van der Waals surface area contributed by atoms with Crippen LogP contribution in [0, 0.1) is 53.3 Å². The van der Waals surface area contributed by atoms with Crippen molar-refractivity contribution in [1.82, 2.24) is 0 Å². The van der Waals surface area contributed by atoms with Gasteiger partial charge in [-0.2, -0.15) is 26.3 Å². The van der Waals surface area contributed by atoms with Gasteiger partial charge in [-0.25, -0.2) is 0 Å². The minimum absolute atomic E-state index is 0.00511. The van der Waals surface area contributed by atoms with Crippen LogP contribution in [0.15, 0.2) is 0 Å². The van der Waals surface area contributed by atoms with Crippen molar-refractivity contribution in [3.05, 3.63) is 0 Å². The van der Waals surface area contributed by atoms with Gasteiger partial charge >= 0.3 is 12.4 Å². The molecule has 0 saturated heterocycles. The minimum Gasteiger partial charge on any atom is -0.358 e. The Morgan fingerprint density at radius 2 is 1.33 bits per heavy atom. The fraction of sp³-hybridized carbons (Fsp3) is 1.00. The third-order valence-corrected chi connectivity index (χ3v) is 8.84. The van der Waals surface area contributed by atoms with Crippen molar-refractivity contribution in [1.29, 1.82) is 0 Å². The summed E-state index contributed by atoms with van der Waals surface area (Å²) in [5.74, 6) is 2.85. The monoisotopic (exact) mass is 398 g/mol. The van der Waals surface area contributed by atoms with Gasteiger partial charge in [-0.05, 0) is 85.9 Å². The molecule has 0 amide bonds. The van der Waals surface area contributed by atoms with E-state index in [4.69, 9.17) is 0 Å². The molecular formula is C20H28F6O. The van der Waals surface area contributed by atoms with E-state index in [9.17, 15) is 26.3 Å². The molecule has 0 heterocycles. The number of ether oxygens (including phenoxy) is 1. The molecule has 4 fully saturated rings. The average molecular weight is 398 g/mol. The molecule has 4 rings (SSSR count). The largest absolute Gasteiger partial charge is 0.426 e. The van der Waals surface area contributed by atoms with Crippen LogP contribution in [0.5, 0.6) is 0 Å². The van der Waals surface area contributed by atoms with Crippen LogP contribution in [0.3, 0.4) is 0 Å². The summed E-state index contributed by atoms with van der Waals surface area (Å²) < 4.78 is 86.3. The predicted molar refractivity (Wildman–Crippen MR) is 87.7 cm³/mol. The average Bonchev–Trinajstić information content (AvgIpc) is 3.24. The topological polar surface area (TPSA) is 9.23 Å². The molecule has 0 aromatic heterocycles. The van der Waals surface area contributed by atoms with E-state index in [0.717, 1.165) is 12.8 Å². The van der Waals surface area contributed by atoms with Crippen LogP contribution >= 0.6 is 0 Å². The maximum absolute atomic E-state index is 13.6. The number of halogens is 6. The summed E-state index contributed by atoms with van der Waals surface area (Å²) in [4.78, 5) is 0. The Balaban J connectivity index is 1.60. The predicted octanol–water partition coefficient (Wildman–Crippen LogP) is 6.09. The molecule has 156 valence electrons. The smallest absolute Gasteiger partial charge is 0.358 e. The van der Waals surface area contributed by atoms with Gasteiger partial charge in [0.2, 0.25) is 0 Å². The maximum Gasteiger partial charge on any atom is 0.426 e. The number of rotatable bonds is 4. The zero-order chi connectivity index (χ0) is 19.9. The Hall–Kier alpha value is -0.460. The molecule has 7 heteroatoms. The zero-order valence-electron chi connectivity index (χ0n) is 15.9. The first kappa shape index (κ1) is 19.8. The number of alkyl halides is 6. The molecule has 27 heavy (non-hydrogen) atoms. The third-order valence-electron chi connectivity index (χ3n) is 8.84. The number of hydrogen-bond acceptors (Lipinski definition) is 1. The third kappa shape index (κ3) is 2.55. The molecule has 0 N–H and O–H groups in total. The normalized spacial score (nSPS) is 46.3. The highest BCUT2D eigenvalue weighted by atomic mass is 19.4. The van der Waals surface area contributed by atoms with Crippen molar-refractivity contribution >= 4 is 0 Å². The molecule has 0 radical (unpaired) electrons. The molecular weight excluding hydrogens is 370 g/mol. The van der Waals surface area contributed by atoms with Crippen LogP contribution < -0.4 is 0 Å². The molecule has 4 bridgehead atoms. The Kier molecular flexibility index (Phi) is 4.42. The van der Waals surface area contributed by atoms with Crippen molar-refractivity contribution in [2.24, 2.45) is 53.3 Å². The lowest BCUT2D eigenvalue weighted by atomic mass is 9.61. The summed E-state index contributed by atoms with van der Waals surface area (Å²) in [5.41, 5.74) is -4.03. The summed E-state index contributed by atoms with van der Waals surface area (Å²) in [6.45, 7) is 5.07. The van der Waals surface area contributed by atoms with Crippen molar-refractivity contribution in [2.75, 3.05) is 6.61 Å². The van der Waals surface area contributed by atoms with Crippen molar-refractivity contribution in [3.8, 4) is 0 Å². The highest BCUT2D eigenvalue weighted by Crippen LogP contribution is 2.72. The van der Waals surface area contributed by atoms with Gasteiger partial charge in [0.05, 0.1) is 0 Å². The standard InChI is InChI=1S/C20H28F6O/c1-4-27-18(19(21,22)23,20(24,25)26)8-12-5-11-6-15(12)17-14-7-13(16(11)17)9(2)10(14)3/h9-17H,4-8H2,1-3H3. The zero-order valence-corrected chi connectivity index (χ0v) is 15.9. The second-order valence-corrected chi connectivity index (χ2v) is 9.55. The molecule has 9 atom stereocenters. The summed E-state index contributed by atoms with van der Waals surface area (Å²) in [5, 5.41) is 0. The lowest BCUT2D eigenvalue weighted by molar-refractivity contribution is -0.385. The summed E-state index contributed by atoms with van der Waals surface area (Å²) in [7, 11) is 0. The van der Waals surface area contributed by atoms with Crippen LogP contribution in [-0.4, -0.2) is 24.6 Å². The second kappa shape index (κ2) is 6.02. The Morgan fingerprint density at radius 1 is 0.778 bits per heavy atom. The molecule has 4 aliphatic rings. The SMILES string of the molecule is CCOC(CC1CC2CC1C1C3CC(C(C)C3C)C21)(C(F)(F)F)C(F)(F)F. The van der Waals surface area contributed by atoms with Crippen LogP contribution in [0.25, 0.3) is 0 Å². The Labute approximate surface area is 156 Å². The van der Waals surface area contributed by atoms with Crippen LogP contribution in [0.1, 0.15) is 46.5 Å². The molecule has 9 unspecified atom stereocenters. The van der Waals surface area contributed by atoms with E-state index in [0.29, 0.717) is 47.8 Å². The Bertz CT molecular complexity index is 570. The first-order chi connectivity index (χ1) is 12.4. The van der Waals surface area contributed by atoms with Crippen molar-refractivity contribution in [2.45, 2.75) is 64.4 Å². The van der Waals surface area contributed by atoms with Gasteiger partial charge < -0.3 is 4.74 Å². The van der Waals surface area contributed by atoms with Crippen LogP contribution in [-0.2, 0) is 4.74 Å². The van der Waals surface area contributed by atoms with E-state index in [2.05, 4.69) is 18.6 Å². The lowest BCUT2D eigenvalue weighted by Gasteiger charge is -2.46. The van der Waals surface area contributed by atoms with E-state index >= 15 is 0 Å². The molecule has 0 aliphatic heterocycles. The molecule has 4 aliphatic carbocycles. The summed E-state index contributed by atoms with van der Waals surface area (Å²) in [6.07, 6.45) is -9.47. The molecule has 0 aromatic rings. The summed E-state index contributed by atoms with van der Waals surface area (Å²) >= 11 is 0.